The molecule has 1 unspecified atom stereocenters. The van der Waals surface area contributed by atoms with Gasteiger partial charge in [-0.3, -0.25) is 0 Å². The molecule has 2 aromatic rings. The van der Waals surface area contributed by atoms with E-state index in [-0.39, 0.29) is 17.3 Å². The van der Waals surface area contributed by atoms with Gasteiger partial charge >= 0.3 is 12.0 Å². The van der Waals surface area contributed by atoms with Gasteiger partial charge in [-0.15, -0.1) is 16.7 Å². The molecule has 0 fully saturated rings. The lowest BCUT2D eigenvalue weighted by Gasteiger charge is -2.16. The Hall–Kier alpha value is -1.73. The highest BCUT2D eigenvalue weighted by Crippen LogP contribution is 2.37. The minimum absolute atomic E-state index is 0.173. The van der Waals surface area contributed by atoms with Crippen molar-refractivity contribution in [3.8, 4) is 12.0 Å². The zero-order chi connectivity index (χ0) is 15.4. The molecule has 0 amide bonds. The summed E-state index contributed by atoms with van der Waals surface area (Å²) in [7, 11) is 2.98. The molecule has 2 N–H and O–H groups in total. The molecule has 0 radical (unpaired) electrons. The third-order valence-electron chi connectivity index (χ3n) is 2.78. The van der Waals surface area contributed by atoms with Gasteiger partial charge in [-0.2, -0.15) is 9.97 Å². The fourth-order valence-corrected chi connectivity index (χ4v) is 2.77. The SMILES string of the molecule is COc1nc(OC)nc(C(SC)c2ccc(Cl)cc2N)n1. The second kappa shape index (κ2) is 6.82. The van der Waals surface area contributed by atoms with Gasteiger partial charge in [0, 0.05) is 10.7 Å². The van der Waals surface area contributed by atoms with Gasteiger partial charge in [0.25, 0.3) is 0 Å². The molecule has 1 aromatic heterocycles. The fraction of sp³-hybridized carbons (Fsp3) is 0.308. The topological polar surface area (TPSA) is 83.2 Å². The molecule has 1 heterocycles. The van der Waals surface area contributed by atoms with Crippen molar-refractivity contribution in [2.24, 2.45) is 0 Å². The van der Waals surface area contributed by atoms with Gasteiger partial charge in [-0.25, -0.2) is 0 Å². The summed E-state index contributed by atoms with van der Waals surface area (Å²) in [5, 5.41) is 0.412. The van der Waals surface area contributed by atoms with Crippen LogP contribution in [0, 0.1) is 0 Å². The molecule has 0 aliphatic carbocycles. The van der Waals surface area contributed by atoms with E-state index in [0.29, 0.717) is 16.5 Å². The Morgan fingerprint density at radius 2 is 1.76 bits per heavy atom. The van der Waals surface area contributed by atoms with Crippen LogP contribution in [0.25, 0.3) is 0 Å². The van der Waals surface area contributed by atoms with Gasteiger partial charge in [0.1, 0.15) is 0 Å². The Kier molecular flexibility index (Phi) is 5.08. The normalized spacial score (nSPS) is 12.0. The first-order valence-corrected chi connectivity index (χ1v) is 7.67. The molecule has 1 aromatic carbocycles. The number of thioether (sulfide) groups is 1. The smallest absolute Gasteiger partial charge is 0.322 e. The van der Waals surface area contributed by atoms with Gasteiger partial charge in [0.2, 0.25) is 0 Å². The van der Waals surface area contributed by atoms with E-state index < -0.39 is 0 Å². The van der Waals surface area contributed by atoms with E-state index in [1.165, 1.54) is 14.2 Å². The molecule has 21 heavy (non-hydrogen) atoms. The minimum atomic E-state index is -0.173. The number of anilines is 1. The molecule has 112 valence electrons. The largest absolute Gasteiger partial charge is 0.467 e. The first-order valence-electron chi connectivity index (χ1n) is 6.00. The standard InChI is InChI=1S/C13H15ClN4O2S/c1-19-12-16-11(17-13(18-12)20-2)10(21-3)8-5-4-7(14)6-9(8)15/h4-6,10H,15H2,1-3H3. The molecular weight excluding hydrogens is 312 g/mol. The zero-order valence-corrected chi connectivity index (χ0v) is 13.4. The van der Waals surface area contributed by atoms with Crippen molar-refractivity contribution in [1.82, 2.24) is 15.0 Å². The number of benzene rings is 1. The van der Waals surface area contributed by atoms with Crippen LogP contribution in [0.4, 0.5) is 5.69 Å². The van der Waals surface area contributed by atoms with E-state index in [1.54, 1.807) is 23.9 Å². The first-order chi connectivity index (χ1) is 10.1. The van der Waals surface area contributed by atoms with Crippen LogP contribution in [-0.2, 0) is 0 Å². The molecule has 0 saturated carbocycles. The van der Waals surface area contributed by atoms with Crippen molar-refractivity contribution in [2.45, 2.75) is 5.25 Å². The van der Waals surface area contributed by atoms with Crippen LogP contribution in [0.1, 0.15) is 16.6 Å². The highest BCUT2D eigenvalue weighted by atomic mass is 35.5. The lowest BCUT2D eigenvalue weighted by Crippen LogP contribution is -2.09. The quantitative estimate of drug-likeness (QED) is 0.845. The predicted octanol–water partition coefficient (Wildman–Crippen LogP) is 2.58. The number of nitrogens with zero attached hydrogens (tertiary/aromatic N) is 3. The second-order valence-electron chi connectivity index (χ2n) is 4.06. The van der Waals surface area contributed by atoms with Crippen LogP contribution < -0.4 is 15.2 Å². The van der Waals surface area contributed by atoms with Crippen LogP contribution in [0.3, 0.4) is 0 Å². The number of methoxy groups -OCH3 is 2. The second-order valence-corrected chi connectivity index (χ2v) is 5.44. The Bertz CT molecular complexity index is 619. The van der Waals surface area contributed by atoms with Crippen LogP contribution in [0.5, 0.6) is 12.0 Å². The monoisotopic (exact) mass is 326 g/mol. The maximum atomic E-state index is 6.04. The van der Waals surface area contributed by atoms with Crippen molar-refractivity contribution in [3.63, 3.8) is 0 Å². The van der Waals surface area contributed by atoms with Crippen molar-refractivity contribution < 1.29 is 9.47 Å². The minimum Gasteiger partial charge on any atom is -0.467 e. The van der Waals surface area contributed by atoms with E-state index in [2.05, 4.69) is 15.0 Å². The summed E-state index contributed by atoms with van der Waals surface area (Å²) in [6.07, 6.45) is 1.95. The Balaban J connectivity index is 2.50. The Morgan fingerprint density at radius 3 is 2.24 bits per heavy atom. The Labute approximate surface area is 132 Å². The fourth-order valence-electron chi connectivity index (χ4n) is 1.81. The summed E-state index contributed by atoms with van der Waals surface area (Å²) in [6, 6.07) is 5.75. The summed E-state index contributed by atoms with van der Waals surface area (Å²) in [4.78, 5) is 12.5. The van der Waals surface area contributed by atoms with Crippen LogP contribution in [-0.4, -0.2) is 35.4 Å². The Morgan fingerprint density at radius 1 is 1.14 bits per heavy atom. The zero-order valence-electron chi connectivity index (χ0n) is 11.8. The molecule has 0 aliphatic rings. The van der Waals surface area contributed by atoms with Crippen molar-refractivity contribution in [3.05, 3.63) is 34.6 Å². The third-order valence-corrected chi connectivity index (χ3v) is 3.95. The number of halogens is 1. The van der Waals surface area contributed by atoms with E-state index in [9.17, 15) is 0 Å². The third kappa shape index (κ3) is 3.48. The van der Waals surface area contributed by atoms with Crippen LogP contribution >= 0.6 is 23.4 Å². The predicted molar refractivity (Wildman–Crippen MR) is 84.2 cm³/mol. The summed E-state index contributed by atoms with van der Waals surface area (Å²) in [5.41, 5.74) is 7.51. The molecule has 0 spiro atoms. The van der Waals surface area contributed by atoms with Gasteiger partial charge < -0.3 is 15.2 Å². The maximum absolute atomic E-state index is 6.04. The number of aromatic nitrogens is 3. The number of hydrogen-bond donors (Lipinski definition) is 1. The van der Waals surface area contributed by atoms with E-state index in [1.807, 2.05) is 12.3 Å². The van der Waals surface area contributed by atoms with Crippen LogP contribution in [0.15, 0.2) is 18.2 Å². The van der Waals surface area contributed by atoms with Crippen molar-refractivity contribution in [1.29, 1.82) is 0 Å². The first kappa shape index (κ1) is 15.7. The number of rotatable bonds is 5. The van der Waals surface area contributed by atoms with E-state index in [4.69, 9.17) is 26.8 Å². The van der Waals surface area contributed by atoms with E-state index >= 15 is 0 Å². The van der Waals surface area contributed by atoms with E-state index in [0.717, 1.165) is 5.56 Å². The van der Waals surface area contributed by atoms with Crippen molar-refractivity contribution >= 4 is 29.1 Å². The molecule has 8 heteroatoms. The summed E-state index contributed by atoms with van der Waals surface area (Å²) in [6.45, 7) is 0. The van der Waals surface area contributed by atoms with Gasteiger partial charge in [-0.05, 0) is 24.0 Å². The van der Waals surface area contributed by atoms with Gasteiger partial charge in [0.15, 0.2) is 5.82 Å². The average Bonchev–Trinajstić information content (AvgIpc) is 2.49. The lowest BCUT2D eigenvalue weighted by molar-refractivity contribution is 0.336. The maximum Gasteiger partial charge on any atom is 0.322 e. The summed E-state index contributed by atoms with van der Waals surface area (Å²) in [5.74, 6) is 0.514. The van der Waals surface area contributed by atoms with Gasteiger partial charge in [-0.1, -0.05) is 17.7 Å². The molecule has 2 rings (SSSR count). The number of hydrogen-bond acceptors (Lipinski definition) is 7. The number of nitrogens with two attached hydrogens (primary N) is 1. The summed E-state index contributed by atoms with van der Waals surface area (Å²) >= 11 is 7.49. The highest BCUT2D eigenvalue weighted by molar-refractivity contribution is 7.99. The number of nitrogen functional groups attached to an aromatic ring is 1. The van der Waals surface area contributed by atoms with Crippen molar-refractivity contribution in [2.75, 3.05) is 26.2 Å². The molecule has 1 atom stereocenters. The molecular formula is C13H15ClN4O2S. The van der Waals surface area contributed by atoms with Crippen LogP contribution in [0.2, 0.25) is 5.02 Å². The lowest BCUT2D eigenvalue weighted by atomic mass is 10.1. The summed E-state index contributed by atoms with van der Waals surface area (Å²) < 4.78 is 10.1. The molecule has 0 bridgehead atoms. The molecule has 0 saturated heterocycles. The van der Waals surface area contributed by atoms with Gasteiger partial charge in [0.05, 0.1) is 19.5 Å². The number of ether oxygens (including phenoxy) is 2. The molecule has 0 aliphatic heterocycles. The molecule has 6 nitrogen and oxygen atoms in total. The average molecular weight is 327 g/mol. The highest BCUT2D eigenvalue weighted by Gasteiger charge is 2.21.